The Morgan fingerprint density at radius 2 is 2.17 bits per heavy atom. The van der Waals surface area contributed by atoms with E-state index in [1.54, 1.807) is 6.07 Å². The number of aromatic carboxylic acids is 1. The molecular weight excluding hydrogens is 230 g/mol. The van der Waals surface area contributed by atoms with Gasteiger partial charge in [0.25, 0.3) is 0 Å². The summed E-state index contributed by atoms with van der Waals surface area (Å²) in [4.78, 5) is 13.4. The van der Waals surface area contributed by atoms with Crippen LogP contribution in [-0.4, -0.2) is 36.4 Å². The molecule has 0 saturated carbocycles. The molecule has 18 heavy (non-hydrogen) atoms. The maximum absolute atomic E-state index is 11.3. The van der Waals surface area contributed by atoms with Gasteiger partial charge in [-0.15, -0.1) is 0 Å². The van der Waals surface area contributed by atoms with Crippen LogP contribution in [0.2, 0.25) is 0 Å². The first-order chi connectivity index (χ1) is 8.49. The van der Waals surface area contributed by atoms with E-state index in [-0.39, 0.29) is 12.1 Å². The highest BCUT2D eigenvalue weighted by Crippen LogP contribution is 2.27. The first-order valence-corrected chi connectivity index (χ1v) is 6.21. The monoisotopic (exact) mass is 249 g/mol. The standard InChI is InChI=1S/C14H19NO3/c1-9-4-5-12(14(16)17)13(6-9)15-7-11(3)18-8-10(15)2/h4-6,10-11H,7-8H2,1-3H3,(H,16,17). The van der Waals surface area contributed by atoms with E-state index in [1.165, 1.54) is 0 Å². The Kier molecular flexibility index (Phi) is 3.57. The first-order valence-electron chi connectivity index (χ1n) is 6.21. The largest absolute Gasteiger partial charge is 0.478 e. The molecule has 2 atom stereocenters. The number of anilines is 1. The maximum Gasteiger partial charge on any atom is 0.337 e. The molecule has 0 aliphatic carbocycles. The third-order valence-corrected chi connectivity index (χ3v) is 3.30. The van der Waals surface area contributed by atoms with Crippen LogP contribution in [0.25, 0.3) is 0 Å². The summed E-state index contributed by atoms with van der Waals surface area (Å²) in [5.74, 6) is -0.878. The number of ether oxygens (including phenoxy) is 1. The Hall–Kier alpha value is -1.55. The summed E-state index contributed by atoms with van der Waals surface area (Å²) in [6.07, 6.45) is 0.128. The Balaban J connectivity index is 2.41. The highest BCUT2D eigenvalue weighted by atomic mass is 16.5. The van der Waals surface area contributed by atoms with Crippen LogP contribution < -0.4 is 4.90 Å². The van der Waals surface area contributed by atoms with Gasteiger partial charge in [0.1, 0.15) is 0 Å². The van der Waals surface area contributed by atoms with Gasteiger partial charge in [0.2, 0.25) is 0 Å². The molecule has 1 heterocycles. The number of carboxylic acid groups (broad SMARTS) is 1. The molecule has 0 aromatic heterocycles. The van der Waals surface area contributed by atoms with Crippen LogP contribution in [0.5, 0.6) is 0 Å². The molecule has 0 amide bonds. The van der Waals surface area contributed by atoms with E-state index in [4.69, 9.17) is 4.74 Å². The third-order valence-electron chi connectivity index (χ3n) is 3.30. The van der Waals surface area contributed by atoms with E-state index in [0.29, 0.717) is 12.2 Å². The van der Waals surface area contributed by atoms with Gasteiger partial charge >= 0.3 is 5.97 Å². The van der Waals surface area contributed by atoms with Crippen molar-refractivity contribution in [1.29, 1.82) is 0 Å². The molecule has 0 bridgehead atoms. The fraction of sp³-hybridized carbons (Fsp3) is 0.500. The van der Waals surface area contributed by atoms with E-state index >= 15 is 0 Å². The van der Waals surface area contributed by atoms with E-state index < -0.39 is 5.97 Å². The van der Waals surface area contributed by atoms with Crippen molar-refractivity contribution in [1.82, 2.24) is 0 Å². The molecule has 1 aliphatic rings. The number of carbonyl (C=O) groups is 1. The quantitative estimate of drug-likeness (QED) is 0.873. The number of morpholine rings is 1. The molecule has 2 unspecified atom stereocenters. The minimum absolute atomic E-state index is 0.128. The van der Waals surface area contributed by atoms with Gasteiger partial charge in [0.15, 0.2) is 0 Å². The minimum Gasteiger partial charge on any atom is -0.478 e. The predicted molar refractivity (Wildman–Crippen MR) is 70.4 cm³/mol. The van der Waals surface area contributed by atoms with Gasteiger partial charge in [-0.05, 0) is 38.5 Å². The number of rotatable bonds is 2. The van der Waals surface area contributed by atoms with Crippen LogP contribution in [0.3, 0.4) is 0 Å². The van der Waals surface area contributed by atoms with E-state index in [0.717, 1.165) is 17.8 Å². The SMILES string of the molecule is Cc1ccc(C(=O)O)c(N2CC(C)OCC2C)c1. The topological polar surface area (TPSA) is 49.8 Å². The molecule has 1 aromatic carbocycles. The van der Waals surface area contributed by atoms with Gasteiger partial charge in [-0.25, -0.2) is 4.79 Å². The van der Waals surface area contributed by atoms with Crippen molar-refractivity contribution in [3.63, 3.8) is 0 Å². The van der Waals surface area contributed by atoms with E-state index in [1.807, 2.05) is 26.0 Å². The van der Waals surface area contributed by atoms with Crippen LogP contribution in [0.4, 0.5) is 5.69 Å². The highest BCUT2D eigenvalue weighted by Gasteiger charge is 2.26. The number of aryl methyl sites for hydroxylation is 1. The molecule has 1 N–H and O–H groups in total. The van der Waals surface area contributed by atoms with E-state index in [9.17, 15) is 9.90 Å². The van der Waals surface area contributed by atoms with Crippen LogP contribution >= 0.6 is 0 Å². The van der Waals surface area contributed by atoms with Crippen molar-refractivity contribution in [2.45, 2.75) is 32.9 Å². The second-order valence-electron chi connectivity index (χ2n) is 4.97. The Labute approximate surface area is 107 Å². The van der Waals surface area contributed by atoms with Crippen LogP contribution in [-0.2, 0) is 4.74 Å². The Morgan fingerprint density at radius 3 is 2.83 bits per heavy atom. The zero-order chi connectivity index (χ0) is 13.3. The number of carboxylic acids is 1. The summed E-state index contributed by atoms with van der Waals surface area (Å²) in [7, 11) is 0. The van der Waals surface area contributed by atoms with Crippen LogP contribution in [0.15, 0.2) is 18.2 Å². The summed E-state index contributed by atoms with van der Waals surface area (Å²) >= 11 is 0. The van der Waals surface area contributed by atoms with Gasteiger partial charge < -0.3 is 14.7 Å². The normalized spacial score (nSPS) is 24.1. The van der Waals surface area contributed by atoms with Crippen molar-refractivity contribution in [2.75, 3.05) is 18.1 Å². The second-order valence-corrected chi connectivity index (χ2v) is 4.97. The zero-order valence-electron chi connectivity index (χ0n) is 11.0. The van der Waals surface area contributed by atoms with Crippen molar-refractivity contribution < 1.29 is 14.6 Å². The lowest BCUT2D eigenvalue weighted by molar-refractivity contribution is 0.0341. The highest BCUT2D eigenvalue weighted by molar-refractivity contribution is 5.94. The molecule has 1 fully saturated rings. The van der Waals surface area contributed by atoms with Crippen molar-refractivity contribution in [2.24, 2.45) is 0 Å². The van der Waals surface area contributed by atoms with Gasteiger partial charge in [0, 0.05) is 12.6 Å². The summed E-state index contributed by atoms with van der Waals surface area (Å²) in [5.41, 5.74) is 2.23. The third kappa shape index (κ3) is 2.48. The van der Waals surface area contributed by atoms with Crippen LogP contribution in [0, 0.1) is 6.92 Å². The summed E-state index contributed by atoms with van der Waals surface area (Å²) in [6, 6.07) is 5.65. The molecule has 1 aliphatic heterocycles. The molecule has 0 spiro atoms. The van der Waals surface area contributed by atoms with Gasteiger partial charge in [-0.1, -0.05) is 6.07 Å². The van der Waals surface area contributed by atoms with Crippen LogP contribution in [0.1, 0.15) is 29.8 Å². The lowest BCUT2D eigenvalue weighted by atomic mass is 10.1. The maximum atomic E-state index is 11.3. The minimum atomic E-state index is -0.878. The van der Waals surface area contributed by atoms with Gasteiger partial charge in [0.05, 0.1) is 24.0 Å². The number of hydrogen-bond donors (Lipinski definition) is 1. The molecule has 4 heteroatoms. The lowest BCUT2D eigenvalue weighted by Gasteiger charge is -2.39. The fourth-order valence-electron chi connectivity index (χ4n) is 2.30. The number of nitrogens with zero attached hydrogens (tertiary/aromatic N) is 1. The average molecular weight is 249 g/mol. The molecular formula is C14H19NO3. The molecule has 98 valence electrons. The Morgan fingerprint density at radius 1 is 1.44 bits per heavy atom. The Bertz CT molecular complexity index is 458. The van der Waals surface area contributed by atoms with Crippen molar-refractivity contribution in [3.05, 3.63) is 29.3 Å². The summed E-state index contributed by atoms with van der Waals surface area (Å²) < 4.78 is 5.58. The van der Waals surface area contributed by atoms with Gasteiger partial charge in [-0.2, -0.15) is 0 Å². The molecule has 1 saturated heterocycles. The molecule has 4 nitrogen and oxygen atoms in total. The predicted octanol–water partition coefficient (Wildman–Crippen LogP) is 2.31. The molecule has 0 radical (unpaired) electrons. The fourth-order valence-corrected chi connectivity index (χ4v) is 2.30. The smallest absolute Gasteiger partial charge is 0.337 e. The lowest BCUT2D eigenvalue weighted by Crippen LogP contribution is -2.48. The first kappa shape index (κ1) is 12.9. The summed E-state index contributed by atoms with van der Waals surface area (Å²) in [5, 5.41) is 9.28. The van der Waals surface area contributed by atoms with Crippen molar-refractivity contribution >= 4 is 11.7 Å². The van der Waals surface area contributed by atoms with Gasteiger partial charge in [-0.3, -0.25) is 0 Å². The number of benzene rings is 1. The average Bonchev–Trinajstić information content (AvgIpc) is 2.31. The molecule has 2 rings (SSSR count). The second kappa shape index (κ2) is 4.98. The number of hydrogen-bond acceptors (Lipinski definition) is 3. The molecule has 1 aromatic rings. The summed E-state index contributed by atoms with van der Waals surface area (Å²) in [6.45, 7) is 7.40. The van der Waals surface area contributed by atoms with Crippen molar-refractivity contribution in [3.8, 4) is 0 Å². The van der Waals surface area contributed by atoms with E-state index in [2.05, 4.69) is 11.8 Å². The zero-order valence-corrected chi connectivity index (χ0v) is 11.0.